The van der Waals surface area contributed by atoms with Gasteiger partial charge in [-0.05, 0) is 61.9 Å². The summed E-state index contributed by atoms with van der Waals surface area (Å²) in [6.45, 7) is 6.48. The summed E-state index contributed by atoms with van der Waals surface area (Å²) >= 11 is 0. The van der Waals surface area contributed by atoms with Crippen LogP contribution in [0.15, 0.2) is 18.2 Å². The van der Waals surface area contributed by atoms with Crippen molar-refractivity contribution < 1.29 is 5.11 Å². The monoisotopic (exact) mass is 219 g/mol. The summed E-state index contributed by atoms with van der Waals surface area (Å²) in [6, 6.07) is 6.10. The highest BCUT2D eigenvalue weighted by atomic mass is 16.3. The number of aryl methyl sites for hydroxylation is 1. The van der Waals surface area contributed by atoms with Crippen LogP contribution in [-0.4, -0.2) is 18.2 Å². The van der Waals surface area contributed by atoms with Crippen molar-refractivity contribution in [2.75, 3.05) is 13.1 Å². The Balaban J connectivity index is 2.12. The van der Waals surface area contributed by atoms with Crippen LogP contribution in [0.25, 0.3) is 0 Å². The molecular weight excluding hydrogens is 198 g/mol. The lowest BCUT2D eigenvalue weighted by atomic mass is 9.81. The van der Waals surface area contributed by atoms with E-state index in [2.05, 4.69) is 18.3 Å². The molecule has 2 rings (SSSR count). The summed E-state index contributed by atoms with van der Waals surface area (Å²) in [6.07, 6.45) is 2.49. The Morgan fingerprint density at radius 2 is 2.00 bits per heavy atom. The molecule has 1 aliphatic rings. The first-order chi connectivity index (χ1) is 7.68. The maximum absolute atomic E-state index is 9.74. The van der Waals surface area contributed by atoms with E-state index < -0.39 is 0 Å². The molecule has 16 heavy (non-hydrogen) atoms. The fraction of sp³-hybridized carbons (Fsp3) is 0.571. The number of phenols is 1. The minimum atomic E-state index is 0.429. The Kier molecular flexibility index (Phi) is 3.49. The molecule has 0 spiro atoms. The number of phenolic OH excluding ortho intramolecular Hbond substituents is 1. The first-order valence-electron chi connectivity index (χ1n) is 6.18. The van der Waals surface area contributed by atoms with Gasteiger partial charge in [0.15, 0.2) is 0 Å². The average molecular weight is 219 g/mol. The van der Waals surface area contributed by atoms with Crippen LogP contribution >= 0.6 is 0 Å². The molecule has 2 nitrogen and oxygen atoms in total. The van der Waals surface area contributed by atoms with E-state index in [4.69, 9.17) is 0 Å². The number of aromatic hydroxyl groups is 1. The van der Waals surface area contributed by atoms with Crippen molar-refractivity contribution in [2.45, 2.75) is 32.6 Å². The number of rotatable bonds is 2. The van der Waals surface area contributed by atoms with Crippen LogP contribution < -0.4 is 5.32 Å². The molecule has 1 heterocycles. The van der Waals surface area contributed by atoms with E-state index in [0.29, 0.717) is 11.7 Å². The van der Waals surface area contributed by atoms with Gasteiger partial charge in [0.2, 0.25) is 0 Å². The maximum Gasteiger partial charge on any atom is 0.118 e. The molecule has 0 bridgehead atoms. The zero-order chi connectivity index (χ0) is 11.5. The second-order valence-electron chi connectivity index (χ2n) is 4.92. The smallest absolute Gasteiger partial charge is 0.118 e. The van der Waals surface area contributed by atoms with Gasteiger partial charge in [-0.15, -0.1) is 0 Å². The van der Waals surface area contributed by atoms with Crippen molar-refractivity contribution in [1.82, 2.24) is 5.32 Å². The van der Waals surface area contributed by atoms with Gasteiger partial charge in [-0.3, -0.25) is 0 Å². The SMILES string of the molecule is Cc1ccc(C(C)C2CCNCC2)cc1O. The van der Waals surface area contributed by atoms with Crippen LogP contribution in [0.3, 0.4) is 0 Å². The summed E-state index contributed by atoms with van der Waals surface area (Å²) in [5.74, 6) is 1.73. The number of hydrogen-bond donors (Lipinski definition) is 2. The van der Waals surface area contributed by atoms with E-state index in [1.807, 2.05) is 19.1 Å². The molecule has 1 aromatic carbocycles. The van der Waals surface area contributed by atoms with Gasteiger partial charge in [-0.25, -0.2) is 0 Å². The van der Waals surface area contributed by atoms with Crippen molar-refractivity contribution in [1.29, 1.82) is 0 Å². The van der Waals surface area contributed by atoms with Crippen molar-refractivity contribution in [2.24, 2.45) is 5.92 Å². The lowest BCUT2D eigenvalue weighted by Gasteiger charge is -2.28. The van der Waals surface area contributed by atoms with Crippen LogP contribution in [0.2, 0.25) is 0 Å². The van der Waals surface area contributed by atoms with E-state index in [-0.39, 0.29) is 0 Å². The van der Waals surface area contributed by atoms with E-state index in [9.17, 15) is 5.11 Å². The maximum atomic E-state index is 9.74. The highest BCUT2D eigenvalue weighted by molar-refractivity contribution is 5.36. The van der Waals surface area contributed by atoms with Crippen molar-refractivity contribution in [3.63, 3.8) is 0 Å². The largest absolute Gasteiger partial charge is 0.508 e. The third-order valence-electron chi connectivity index (χ3n) is 3.85. The van der Waals surface area contributed by atoms with Gasteiger partial charge >= 0.3 is 0 Å². The van der Waals surface area contributed by atoms with Crippen molar-refractivity contribution in [3.05, 3.63) is 29.3 Å². The Bertz CT molecular complexity index is 356. The first-order valence-corrected chi connectivity index (χ1v) is 6.18. The summed E-state index contributed by atoms with van der Waals surface area (Å²) in [5, 5.41) is 13.1. The zero-order valence-corrected chi connectivity index (χ0v) is 10.2. The molecule has 1 saturated heterocycles. The lowest BCUT2D eigenvalue weighted by Crippen LogP contribution is -2.30. The molecule has 1 unspecified atom stereocenters. The molecule has 1 aromatic rings. The van der Waals surface area contributed by atoms with Gasteiger partial charge in [-0.2, -0.15) is 0 Å². The number of piperidine rings is 1. The van der Waals surface area contributed by atoms with Crippen molar-refractivity contribution in [3.8, 4) is 5.75 Å². The summed E-state index contributed by atoms with van der Waals surface area (Å²) < 4.78 is 0. The molecule has 0 aliphatic carbocycles. The average Bonchev–Trinajstić information content (AvgIpc) is 2.33. The highest BCUT2D eigenvalue weighted by Crippen LogP contribution is 2.32. The molecule has 1 fully saturated rings. The van der Waals surface area contributed by atoms with Gasteiger partial charge in [0.1, 0.15) is 5.75 Å². The Hall–Kier alpha value is -1.02. The van der Waals surface area contributed by atoms with Gasteiger partial charge in [0.05, 0.1) is 0 Å². The van der Waals surface area contributed by atoms with Crippen LogP contribution in [0, 0.1) is 12.8 Å². The molecule has 1 aliphatic heterocycles. The van der Waals surface area contributed by atoms with Gasteiger partial charge in [-0.1, -0.05) is 19.1 Å². The predicted octanol–water partition coefficient (Wildman–Crippen LogP) is 2.80. The third kappa shape index (κ3) is 2.38. The van der Waals surface area contributed by atoms with Crippen LogP contribution in [0.1, 0.15) is 36.8 Å². The topological polar surface area (TPSA) is 32.3 Å². The van der Waals surface area contributed by atoms with Crippen LogP contribution in [-0.2, 0) is 0 Å². The summed E-state index contributed by atoms with van der Waals surface area (Å²) in [4.78, 5) is 0. The summed E-state index contributed by atoms with van der Waals surface area (Å²) in [7, 11) is 0. The van der Waals surface area contributed by atoms with Gasteiger partial charge < -0.3 is 10.4 Å². The standard InChI is InChI=1S/C14H21NO/c1-10-3-4-13(9-14(10)16)11(2)12-5-7-15-8-6-12/h3-4,9,11-12,15-16H,5-8H2,1-2H3. The Labute approximate surface area is 97.7 Å². The molecule has 88 valence electrons. The van der Waals surface area contributed by atoms with Crippen molar-refractivity contribution >= 4 is 0 Å². The molecular formula is C14H21NO. The Morgan fingerprint density at radius 3 is 2.62 bits per heavy atom. The normalized spacial score (nSPS) is 19.6. The summed E-state index contributed by atoms with van der Waals surface area (Å²) in [5.41, 5.74) is 2.23. The van der Waals surface area contributed by atoms with E-state index in [1.165, 1.54) is 18.4 Å². The molecule has 0 radical (unpaired) electrons. The fourth-order valence-corrected chi connectivity index (χ4v) is 2.53. The van der Waals surface area contributed by atoms with E-state index in [1.54, 1.807) is 0 Å². The van der Waals surface area contributed by atoms with E-state index >= 15 is 0 Å². The molecule has 1 atom stereocenters. The third-order valence-corrected chi connectivity index (χ3v) is 3.85. The van der Waals surface area contributed by atoms with Crippen LogP contribution in [0.4, 0.5) is 0 Å². The first kappa shape index (κ1) is 11.5. The minimum absolute atomic E-state index is 0.429. The van der Waals surface area contributed by atoms with Gasteiger partial charge in [0.25, 0.3) is 0 Å². The highest BCUT2D eigenvalue weighted by Gasteiger charge is 2.21. The number of nitrogens with one attached hydrogen (secondary N) is 1. The van der Waals surface area contributed by atoms with E-state index in [0.717, 1.165) is 24.6 Å². The molecule has 0 saturated carbocycles. The zero-order valence-electron chi connectivity index (χ0n) is 10.2. The number of benzene rings is 1. The lowest BCUT2D eigenvalue weighted by molar-refractivity contribution is 0.329. The van der Waals surface area contributed by atoms with Gasteiger partial charge in [0, 0.05) is 0 Å². The Morgan fingerprint density at radius 1 is 1.31 bits per heavy atom. The molecule has 0 aromatic heterocycles. The predicted molar refractivity (Wildman–Crippen MR) is 66.9 cm³/mol. The second-order valence-corrected chi connectivity index (χ2v) is 4.92. The van der Waals surface area contributed by atoms with Crippen LogP contribution in [0.5, 0.6) is 5.75 Å². The molecule has 2 heteroatoms. The minimum Gasteiger partial charge on any atom is -0.508 e. The second kappa shape index (κ2) is 4.88. The fourth-order valence-electron chi connectivity index (χ4n) is 2.53. The molecule has 2 N–H and O–H groups in total. The quantitative estimate of drug-likeness (QED) is 0.801. The number of hydrogen-bond acceptors (Lipinski definition) is 2. The molecule has 0 amide bonds.